The largest absolute Gasteiger partial charge is 0.419 e. The van der Waals surface area contributed by atoms with Crippen molar-refractivity contribution in [3.63, 3.8) is 0 Å². The minimum atomic E-state index is -1.01. The fraction of sp³-hybridized carbons (Fsp3) is 0.250. The van der Waals surface area contributed by atoms with Crippen LogP contribution in [-0.4, -0.2) is 0 Å². The van der Waals surface area contributed by atoms with Crippen molar-refractivity contribution in [2.75, 3.05) is 0 Å². The van der Waals surface area contributed by atoms with Gasteiger partial charge in [0, 0.05) is 10.8 Å². The second kappa shape index (κ2) is 4.47. The van der Waals surface area contributed by atoms with E-state index in [2.05, 4.69) is 32.9 Å². The first-order valence-electron chi connectivity index (χ1n) is 6.40. The Kier molecular flexibility index (Phi) is 2.91. The monoisotopic (exact) mass is 272 g/mol. The molecule has 0 saturated carbocycles. The van der Waals surface area contributed by atoms with Gasteiger partial charge in [-0.2, -0.15) is 0 Å². The quantitative estimate of drug-likeness (QED) is 0.498. The van der Waals surface area contributed by atoms with Crippen molar-refractivity contribution in [3.8, 4) is 0 Å². The van der Waals surface area contributed by atoms with E-state index < -0.39 is 8.01 Å². The lowest BCUT2D eigenvalue weighted by Gasteiger charge is -2.13. The molecule has 0 saturated heterocycles. The summed E-state index contributed by atoms with van der Waals surface area (Å²) in [5, 5.41) is 2.18. The van der Waals surface area contributed by atoms with Gasteiger partial charge in [0.05, 0.1) is 5.16 Å². The molecule has 2 aromatic carbocycles. The van der Waals surface area contributed by atoms with E-state index in [4.69, 9.17) is 8.39 Å². The number of para-hydroxylation sites is 2. The zero-order valence-electron chi connectivity index (χ0n) is 11.4. The maximum atomic E-state index is 6.15. The van der Waals surface area contributed by atoms with Crippen LogP contribution in [0, 0.1) is 0 Å². The summed E-state index contributed by atoms with van der Waals surface area (Å²) in [6, 6.07) is 16.3. The standard InChI is InChI=1S/C16H17O2P/c1-16(2,3)19-17-14-10-6-4-8-12(14)13-9-5-7-11-15(13)18-19/h4-11H,1-3H3. The van der Waals surface area contributed by atoms with E-state index in [9.17, 15) is 0 Å². The van der Waals surface area contributed by atoms with Gasteiger partial charge in [-0.25, -0.2) is 0 Å². The Bertz CT molecular complexity index is 708. The average Bonchev–Trinajstić information content (AvgIpc) is 2.55. The van der Waals surface area contributed by atoms with E-state index in [0.717, 1.165) is 21.9 Å². The highest BCUT2D eigenvalue weighted by Crippen LogP contribution is 2.46. The molecule has 0 aliphatic heterocycles. The van der Waals surface area contributed by atoms with Gasteiger partial charge in [0.1, 0.15) is 11.2 Å². The predicted molar refractivity (Wildman–Crippen MR) is 81.3 cm³/mol. The summed E-state index contributed by atoms with van der Waals surface area (Å²) in [6.07, 6.45) is 0. The van der Waals surface area contributed by atoms with Crippen LogP contribution in [0.2, 0.25) is 0 Å². The molecule has 2 nitrogen and oxygen atoms in total. The van der Waals surface area contributed by atoms with Crippen LogP contribution >= 0.6 is 8.01 Å². The Balaban J connectivity index is 2.56. The average molecular weight is 272 g/mol. The summed E-state index contributed by atoms with van der Waals surface area (Å²) < 4.78 is 12.3. The van der Waals surface area contributed by atoms with Crippen molar-refractivity contribution in [1.82, 2.24) is 0 Å². The van der Waals surface area contributed by atoms with Crippen LogP contribution in [0.1, 0.15) is 20.8 Å². The van der Waals surface area contributed by atoms with Crippen LogP contribution < -0.4 is 0 Å². The second-order valence-corrected chi connectivity index (χ2v) is 7.82. The van der Waals surface area contributed by atoms with Gasteiger partial charge in [-0.15, -0.1) is 0 Å². The molecule has 0 fully saturated rings. The molecule has 0 unspecified atom stereocenters. The van der Waals surface area contributed by atoms with Gasteiger partial charge in [0.2, 0.25) is 8.01 Å². The highest BCUT2D eigenvalue weighted by atomic mass is 31.1. The zero-order chi connectivity index (χ0) is 13.5. The number of rotatable bonds is 0. The third kappa shape index (κ3) is 2.29. The summed E-state index contributed by atoms with van der Waals surface area (Å²) in [6.45, 7) is 6.44. The molecule has 1 aromatic heterocycles. The Morgan fingerprint density at radius 1 is 0.737 bits per heavy atom. The number of hydrogen-bond acceptors (Lipinski definition) is 2. The molecular weight excluding hydrogens is 255 g/mol. The van der Waals surface area contributed by atoms with E-state index in [1.54, 1.807) is 0 Å². The molecule has 0 N–H and O–H groups in total. The van der Waals surface area contributed by atoms with Gasteiger partial charge in [-0.3, -0.25) is 0 Å². The van der Waals surface area contributed by atoms with Crippen LogP contribution in [0.15, 0.2) is 56.9 Å². The maximum Gasteiger partial charge on any atom is 0.222 e. The molecule has 0 aliphatic carbocycles. The molecular formula is C16H17O2P. The lowest BCUT2D eigenvalue weighted by molar-refractivity contribution is 0.565. The van der Waals surface area contributed by atoms with E-state index in [1.165, 1.54) is 0 Å². The number of benzene rings is 2. The lowest BCUT2D eigenvalue weighted by atomic mass is 10.1. The third-order valence-corrected chi connectivity index (χ3v) is 4.80. The molecule has 98 valence electrons. The minimum absolute atomic E-state index is 0.0279. The Hall–Kier alpha value is -1.66. The van der Waals surface area contributed by atoms with Crippen LogP contribution in [0.4, 0.5) is 0 Å². The van der Waals surface area contributed by atoms with Gasteiger partial charge >= 0.3 is 0 Å². The van der Waals surface area contributed by atoms with E-state index in [0.29, 0.717) is 0 Å². The number of hydrogen-bond donors (Lipinski definition) is 0. The minimum Gasteiger partial charge on any atom is -0.419 e. The van der Waals surface area contributed by atoms with Gasteiger partial charge in [0.25, 0.3) is 0 Å². The van der Waals surface area contributed by atoms with Crippen molar-refractivity contribution in [3.05, 3.63) is 48.5 Å². The fourth-order valence-corrected chi connectivity index (χ4v) is 3.27. The van der Waals surface area contributed by atoms with Crippen molar-refractivity contribution in [2.24, 2.45) is 0 Å². The first-order valence-corrected chi connectivity index (χ1v) is 7.58. The summed E-state index contributed by atoms with van der Waals surface area (Å²) >= 11 is 0. The Morgan fingerprint density at radius 3 is 1.58 bits per heavy atom. The van der Waals surface area contributed by atoms with Gasteiger partial charge < -0.3 is 8.39 Å². The van der Waals surface area contributed by atoms with Gasteiger partial charge in [-0.05, 0) is 32.9 Å². The first-order chi connectivity index (χ1) is 9.05. The molecule has 3 aromatic rings. The summed E-state index contributed by atoms with van der Waals surface area (Å²) in [5.41, 5.74) is 1.82. The molecule has 0 atom stereocenters. The van der Waals surface area contributed by atoms with Gasteiger partial charge in [-0.1, -0.05) is 36.4 Å². The normalized spacial score (nSPS) is 11.9. The first kappa shape index (κ1) is 12.4. The van der Waals surface area contributed by atoms with Crippen molar-refractivity contribution in [2.45, 2.75) is 25.9 Å². The molecule has 1 heterocycles. The maximum absolute atomic E-state index is 6.15. The lowest BCUT2D eigenvalue weighted by Crippen LogP contribution is -1.98. The van der Waals surface area contributed by atoms with Gasteiger partial charge in [0.15, 0.2) is 0 Å². The van der Waals surface area contributed by atoms with E-state index in [-0.39, 0.29) is 5.16 Å². The molecule has 0 bridgehead atoms. The van der Waals surface area contributed by atoms with Crippen LogP contribution in [-0.2, 0) is 5.16 Å². The topological polar surface area (TPSA) is 26.3 Å². The van der Waals surface area contributed by atoms with Crippen molar-refractivity contribution in [1.29, 1.82) is 0 Å². The molecule has 3 heteroatoms. The second-order valence-electron chi connectivity index (χ2n) is 5.60. The van der Waals surface area contributed by atoms with Crippen molar-refractivity contribution < 1.29 is 8.39 Å². The Morgan fingerprint density at radius 2 is 1.16 bits per heavy atom. The van der Waals surface area contributed by atoms with Crippen LogP contribution in [0.3, 0.4) is 0 Å². The highest BCUT2D eigenvalue weighted by Gasteiger charge is 2.20. The van der Waals surface area contributed by atoms with Crippen LogP contribution in [0.5, 0.6) is 0 Å². The zero-order valence-corrected chi connectivity index (χ0v) is 12.3. The molecule has 3 rings (SSSR count). The summed E-state index contributed by atoms with van der Waals surface area (Å²) in [5.74, 6) is 0. The molecule has 0 radical (unpaired) electrons. The third-order valence-electron chi connectivity index (χ3n) is 2.97. The fourth-order valence-electron chi connectivity index (χ4n) is 2.01. The summed E-state index contributed by atoms with van der Waals surface area (Å²) in [7, 11) is -1.01. The predicted octanol–water partition coefficient (Wildman–Crippen LogP) is 6.05. The number of fused-ring (bicyclic) bond motifs is 3. The smallest absolute Gasteiger partial charge is 0.222 e. The molecule has 19 heavy (non-hydrogen) atoms. The van der Waals surface area contributed by atoms with E-state index >= 15 is 0 Å². The molecule has 0 spiro atoms. The Labute approximate surface area is 113 Å². The SMILES string of the molecule is CC(C)(C)p1oc2ccccc2c2ccccc2o1. The summed E-state index contributed by atoms with van der Waals surface area (Å²) in [4.78, 5) is 0. The molecule has 0 aliphatic rings. The van der Waals surface area contributed by atoms with Crippen molar-refractivity contribution >= 4 is 30.0 Å². The van der Waals surface area contributed by atoms with Crippen LogP contribution in [0.25, 0.3) is 21.9 Å². The highest BCUT2D eigenvalue weighted by molar-refractivity contribution is 7.38. The van der Waals surface area contributed by atoms with E-state index in [1.807, 2.05) is 36.4 Å². The molecule has 0 amide bonds.